The normalized spacial score (nSPS) is 19.9. The van der Waals surface area contributed by atoms with Crippen LogP contribution in [0.5, 0.6) is 5.75 Å². The molecule has 2 aromatic rings. The average Bonchev–Trinajstić information content (AvgIpc) is 3.45. The zero-order chi connectivity index (χ0) is 19.5. The standard InChI is InChI=1S/C22H29N3O2S/c1-16(23-22(26)17-5-6-17)21(20-4-3-15-28-20)25-13-11-24(12-14-25)18-7-9-19(27-2)10-8-18/h3-4,7-10,15-17,21H,5-6,11-14H2,1-2H3,(H,23,26)/p+1/t16-,21+/m0/s1. The van der Waals surface area contributed by atoms with Crippen molar-refractivity contribution in [2.45, 2.75) is 31.8 Å². The van der Waals surface area contributed by atoms with Crippen LogP contribution in [0.2, 0.25) is 0 Å². The molecule has 6 heteroatoms. The van der Waals surface area contributed by atoms with E-state index in [0.717, 1.165) is 44.8 Å². The van der Waals surface area contributed by atoms with E-state index in [2.05, 4.69) is 46.8 Å². The van der Waals surface area contributed by atoms with E-state index in [-0.39, 0.29) is 17.9 Å². The molecule has 1 aromatic heterocycles. The Kier molecular flexibility index (Phi) is 5.87. The van der Waals surface area contributed by atoms with Gasteiger partial charge in [-0.05, 0) is 55.5 Å². The number of hydrogen-bond acceptors (Lipinski definition) is 4. The molecule has 2 N–H and O–H groups in total. The number of piperazine rings is 1. The summed E-state index contributed by atoms with van der Waals surface area (Å²) in [5, 5.41) is 5.45. The zero-order valence-electron chi connectivity index (χ0n) is 16.7. The molecule has 28 heavy (non-hydrogen) atoms. The molecule has 1 amide bonds. The number of methoxy groups -OCH3 is 1. The molecule has 2 heterocycles. The largest absolute Gasteiger partial charge is 0.497 e. The Morgan fingerprint density at radius 3 is 2.50 bits per heavy atom. The number of ether oxygens (including phenoxy) is 1. The zero-order valence-corrected chi connectivity index (χ0v) is 17.5. The van der Waals surface area contributed by atoms with Crippen LogP contribution in [0.1, 0.15) is 30.7 Å². The molecule has 2 atom stereocenters. The van der Waals surface area contributed by atoms with Gasteiger partial charge in [-0.1, -0.05) is 6.07 Å². The van der Waals surface area contributed by atoms with Crippen molar-refractivity contribution in [2.75, 3.05) is 38.2 Å². The van der Waals surface area contributed by atoms with E-state index < -0.39 is 0 Å². The number of thiophene rings is 1. The summed E-state index contributed by atoms with van der Waals surface area (Å²) in [6.45, 7) is 6.35. The number of quaternary nitrogens is 1. The lowest BCUT2D eigenvalue weighted by Gasteiger charge is -2.39. The second-order valence-electron chi connectivity index (χ2n) is 7.91. The summed E-state index contributed by atoms with van der Waals surface area (Å²) < 4.78 is 5.27. The Morgan fingerprint density at radius 1 is 1.21 bits per heavy atom. The highest BCUT2D eigenvalue weighted by Crippen LogP contribution is 2.29. The summed E-state index contributed by atoms with van der Waals surface area (Å²) in [6, 6.07) is 13.1. The molecule has 0 spiro atoms. The molecular formula is C22H30N3O2S+. The number of amides is 1. The van der Waals surface area contributed by atoms with E-state index in [1.54, 1.807) is 23.3 Å². The Labute approximate surface area is 171 Å². The van der Waals surface area contributed by atoms with Crippen molar-refractivity contribution in [3.63, 3.8) is 0 Å². The maximum atomic E-state index is 12.3. The van der Waals surface area contributed by atoms with Gasteiger partial charge in [-0.2, -0.15) is 0 Å². The molecule has 0 bridgehead atoms. The van der Waals surface area contributed by atoms with Crippen molar-refractivity contribution < 1.29 is 14.4 Å². The van der Waals surface area contributed by atoms with Gasteiger partial charge < -0.3 is 19.9 Å². The van der Waals surface area contributed by atoms with Crippen LogP contribution >= 0.6 is 11.3 Å². The minimum absolute atomic E-state index is 0.147. The summed E-state index contributed by atoms with van der Waals surface area (Å²) in [5.41, 5.74) is 1.25. The quantitative estimate of drug-likeness (QED) is 0.748. The highest BCUT2D eigenvalue weighted by atomic mass is 32.1. The van der Waals surface area contributed by atoms with E-state index in [4.69, 9.17) is 4.74 Å². The molecule has 1 saturated heterocycles. The summed E-state index contributed by atoms with van der Waals surface area (Å²) in [7, 11) is 1.70. The van der Waals surface area contributed by atoms with Crippen LogP contribution in [0.4, 0.5) is 5.69 Å². The Hall–Kier alpha value is -2.05. The first-order valence-electron chi connectivity index (χ1n) is 10.2. The van der Waals surface area contributed by atoms with Gasteiger partial charge in [0.1, 0.15) is 11.8 Å². The van der Waals surface area contributed by atoms with E-state index in [1.807, 2.05) is 12.1 Å². The van der Waals surface area contributed by atoms with Crippen LogP contribution < -0.4 is 19.9 Å². The van der Waals surface area contributed by atoms with Crippen molar-refractivity contribution in [1.82, 2.24) is 5.32 Å². The lowest BCUT2D eigenvalue weighted by Crippen LogP contribution is -3.16. The fraction of sp³-hybridized carbons (Fsp3) is 0.500. The fourth-order valence-corrected chi connectivity index (χ4v) is 5.19. The number of anilines is 1. The number of benzene rings is 1. The lowest BCUT2D eigenvalue weighted by atomic mass is 10.0. The lowest BCUT2D eigenvalue weighted by molar-refractivity contribution is -0.933. The van der Waals surface area contributed by atoms with Crippen LogP contribution in [-0.2, 0) is 4.79 Å². The Balaban J connectivity index is 1.42. The first-order chi connectivity index (χ1) is 13.7. The van der Waals surface area contributed by atoms with Gasteiger partial charge in [0.15, 0.2) is 0 Å². The third-order valence-corrected chi connectivity index (χ3v) is 6.91. The van der Waals surface area contributed by atoms with Crippen LogP contribution in [0, 0.1) is 5.92 Å². The van der Waals surface area contributed by atoms with Gasteiger partial charge in [0, 0.05) is 11.6 Å². The van der Waals surface area contributed by atoms with Crippen molar-refractivity contribution >= 4 is 22.9 Å². The van der Waals surface area contributed by atoms with Crippen molar-refractivity contribution in [3.05, 3.63) is 46.7 Å². The molecule has 4 rings (SSSR count). The van der Waals surface area contributed by atoms with Crippen molar-refractivity contribution in [1.29, 1.82) is 0 Å². The first-order valence-corrected chi connectivity index (χ1v) is 11.1. The topological polar surface area (TPSA) is 46.0 Å². The van der Waals surface area contributed by atoms with Crippen LogP contribution in [-0.4, -0.2) is 45.2 Å². The highest BCUT2D eigenvalue weighted by Gasteiger charge is 2.37. The molecule has 150 valence electrons. The van der Waals surface area contributed by atoms with Crippen LogP contribution in [0.25, 0.3) is 0 Å². The molecule has 1 saturated carbocycles. The summed E-state index contributed by atoms with van der Waals surface area (Å²) in [4.78, 5) is 17.7. The molecule has 5 nitrogen and oxygen atoms in total. The average molecular weight is 401 g/mol. The second-order valence-corrected chi connectivity index (χ2v) is 8.89. The van der Waals surface area contributed by atoms with Crippen LogP contribution in [0.15, 0.2) is 41.8 Å². The SMILES string of the molecule is COc1ccc(N2CC[NH+]([C@@H](c3cccs3)[C@H](C)NC(=O)C3CC3)CC2)cc1. The van der Waals surface area contributed by atoms with Crippen molar-refractivity contribution in [2.24, 2.45) is 5.92 Å². The number of carbonyl (C=O) groups is 1. The van der Waals surface area contributed by atoms with Gasteiger partial charge in [0.05, 0.1) is 44.2 Å². The van der Waals surface area contributed by atoms with Gasteiger partial charge in [-0.3, -0.25) is 4.79 Å². The van der Waals surface area contributed by atoms with E-state index >= 15 is 0 Å². The molecule has 1 aromatic carbocycles. The number of nitrogens with zero attached hydrogens (tertiary/aromatic N) is 1. The second kappa shape index (κ2) is 8.53. The maximum Gasteiger partial charge on any atom is 0.223 e. The summed E-state index contributed by atoms with van der Waals surface area (Å²) in [5.74, 6) is 1.39. The molecule has 1 aliphatic carbocycles. The molecule has 1 aliphatic heterocycles. The summed E-state index contributed by atoms with van der Waals surface area (Å²) >= 11 is 1.81. The third kappa shape index (κ3) is 4.33. The predicted octanol–water partition coefficient (Wildman–Crippen LogP) is 2.12. The van der Waals surface area contributed by atoms with Crippen molar-refractivity contribution in [3.8, 4) is 5.75 Å². The van der Waals surface area contributed by atoms with Crippen LogP contribution in [0.3, 0.4) is 0 Å². The number of rotatable bonds is 7. The predicted molar refractivity (Wildman–Crippen MR) is 113 cm³/mol. The molecular weight excluding hydrogens is 370 g/mol. The minimum Gasteiger partial charge on any atom is -0.497 e. The minimum atomic E-state index is 0.147. The highest BCUT2D eigenvalue weighted by molar-refractivity contribution is 7.10. The number of hydrogen-bond donors (Lipinski definition) is 2. The van der Waals surface area contributed by atoms with E-state index in [1.165, 1.54) is 10.6 Å². The Bertz CT molecular complexity index is 766. The number of nitrogens with one attached hydrogen (secondary N) is 2. The molecule has 0 radical (unpaired) electrons. The van der Waals surface area contributed by atoms with E-state index in [9.17, 15) is 4.79 Å². The molecule has 2 aliphatic rings. The van der Waals surface area contributed by atoms with Gasteiger partial charge in [0.2, 0.25) is 5.91 Å². The van der Waals surface area contributed by atoms with Gasteiger partial charge in [-0.25, -0.2) is 0 Å². The molecule has 2 fully saturated rings. The third-order valence-electron chi connectivity index (χ3n) is 5.95. The van der Waals surface area contributed by atoms with Gasteiger partial charge >= 0.3 is 0 Å². The Morgan fingerprint density at radius 2 is 1.93 bits per heavy atom. The maximum absolute atomic E-state index is 12.3. The monoisotopic (exact) mass is 400 g/mol. The summed E-state index contributed by atoms with van der Waals surface area (Å²) in [6.07, 6.45) is 2.10. The molecule has 0 unspecified atom stereocenters. The van der Waals surface area contributed by atoms with Gasteiger partial charge in [-0.15, -0.1) is 11.3 Å². The first kappa shape index (κ1) is 19.3. The van der Waals surface area contributed by atoms with E-state index in [0.29, 0.717) is 6.04 Å². The number of carbonyl (C=O) groups excluding carboxylic acids is 1. The fourth-order valence-electron chi connectivity index (χ4n) is 4.20. The smallest absolute Gasteiger partial charge is 0.223 e. The van der Waals surface area contributed by atoms with Gasteiger partial charge in [0.25, 0.3) is 0 Å².